The Balaban J connectivity index is 3.12. The third kappa shape index (κ3) is 4.39. The average molecular weight is 292 g/mol. The Labute approximate surface area is 126 Å². The lowest BCUT2D eigenvalue weighted by molar-refractivity contribution is -0.153. The average Bonchev–Trinajstić information content (AvgIpc) is 2.34. The Bertz CT molecular complexity index is 521. The van der Waals surface area contributed by atoms with E-state index in [4.69, 9.17) is 9.84 Å². The number of hydrogen-bond acceptors (Lipinski definition) is 4. The first-order valence-electron chi connectivity index (χ1n) is 7.07. The fourth-order valence-corrected chi connectivity index (χ4v) is 2.62. The molecule has 4 nitrogen and oxygen atoms in total. The van der Waals surface area contributed by atoms with Crippen molar-refractivity contribution in [2.24, 2.45) is 5.41 Å². The molecule has 0 spiro atoms. The zero-order valence-electron chi connectivity index (χ0n) is 13.4. The number of ketones is 1. The predicted octanol–water partition coefficient (Wildman–Crippen LogP) is 2.73. The van der Waals surface area contributed by atoms with Crippen LogP contribution in [0.5, 0.6) is 0 Å². The molecule has 0 heterocycles. The van der Waals surface area contributed by atoms with Crippen molar-refractivity contribution >= 4 is 11.8 Å². The van der Waals surface area contributed by atoms with Crippen LogP contribution in [0.2, 0.25) is 0 Å². The molecule has 0 fully saturated rings. The van der Waals surface area contributed by atoms with Crippen molar-refractivity contribution in [3.63, 3.8) is 0 Å². The highest BCUT2D eigenvalue weighted by atomic mass is 16.5. The molecule has 0 aromatic carbocycles. The minimum absolute atomic E-state index is 0.00888. The highest BCUT2D eigenvalue weighted by Gasteiger charge is 2.39. The number of rotatable bonds is 4. The second-order valence-corrected chi connectivity index (χ2v) is 6.05. The van der Waals surface area contributed by atoms with E-state index < -0.39 is 12.1 Å². The standard InChI is InChI=1S/C17H24O4/c1-11(8-9-18)6-7-14-12(2)16(20)15(21-13(3)19)10-17(14,4)5/h6-8,15,18H,9-10H2,1-5H3/b7-6+,11-8+. The molecule has 4 heteroatoms. The molecule has 0 amide bonds. The van der Waals surface area contributed by atoms with E-state index in [0.29, 0.717) is 12.0 Å². The van der Waals surface area contributed by atoms with E-state index in [-0.39, 0.29) is 17.8 Å². The van der Waals surface area contributed by atoms with Gasteiger partial charge in [0.1, 0.15) is 0 Å². The van der Waals surface area contributed by atoms with Crippen molar-refractivity contribution in [3.8, 4) is 0 Å². The molecule has 0 saturated carbocycles. The molecule has 1 aliphatic rings. The molecule has 0 saturated heterocycles. The van der Waals surface area contributed by atoms with Crippen LogP contribution in [0, 0.1) is 5.41 Å². The normalized spacial score (nSPS) is 22.9. The Morgan fingerprint density at radius 3 is 2.57 bits per heavy atom. The molecule has 1 unspecified atom stereocenters. The van der Waals surface area contributed by atoms with Gasteiger partial charge in [0.25, 0.3) is 0 Å². The van der Waals surface area contributed by atoms with E-state index in [9.17, 15) is 9.59 Å². The van der Waals surface area contributed by atoms with Gasteiger partial charge in [-0.1, -0.05) is 37.6 Å². The number of carbonyl (C=O) groups excluding carboxylic acids is 2. The van der Waals surface area contributed by atoms with Crippen molar-refractivity contribution in [1.29, 1.82) is 0 Å². The lowest BCUT2D eigenvalue weighted by Crippen LogP contribution is -2.38. The molecule has 0 aliphatic heterocycles. The van der Waals surface area contributed by atoms with Crippen molar-refractivity contribution in [1.82, 2.24) is 0 Å². The summed E-state index contributed by atoms with van der Waals surface area (Å²) < 4.78 is 5.13. The van der Waals surface area contributed by atoms with E-state index in [1.54, 1.807) is 13.0 Å². The molecule has 1 N–H and O–H groups in total. The van der Waals surface area contributed by atoms with Crippen molar-refractivity contribution in [2.45, 2.75) is 47.1 Å². The van der Waals surface area contributed by atoms with Gasteiger partial charge in [-0.3, -0.25) is 9.59 Å². The summed E-state index contributed by atoms with van der Waals surface area (Å²) in [6.07, 6.45) is 5.29. The molecule has 1 atom stereocenters. The number of Topliss-reactive ketones (excluding diaryl/α,β-unsaturated/α-hetero) is 1. The summed E-state index contributed by atoms with van der Waals surface area (Å²) in [7, 11) is 0. The van der Waals surface area contributed by atoms with Gasteiger partial charge in [-0.15, -0.1) is 0 Å². The monoisotopic (exact) mass is 292 g/mol. The number of allylic oxidation sites excluding steroid dienone is 4. The zero-order valence-corrected chi connectivity index (χ0v) is 13.4. The van der Waals surface area contributed by atoms with Crippen molar-refractivity contribution in [2.75, 3.05) is 6.61 Å². The summed E-state index contributed by atoms with van der Waals surface area (Å²) in [5.41, 5.74) is 2.25. The second kappa shape index (κ2) is 6.85. The minimum atomic E-state index is -0.691. The number of ether oxygens (including phenoxy) is 1. The molecule has 116 valence electrons. The first-order valence-corrected chi connectivity index (χ1v) is 7.07. The van der Waals surface area contributed by atoms with Gasteiger partial charge in [-0.05, 0) is 30.4 Å². The summed E-state index contributed by atoms with van der Waals surface area (Å²) >= 11 is 0. The highest BCUT2D eigenvalue weighted by molar-refractivity contribution is 6.01. The SMILES string of the molecule is CC(=O)OC1CC(C)(C)C(/C=C/C(C)=C/CO)=C(C)C1=O. The smallest absolute Gasteiger partial charge is 0.303 e. The van der Waals surface area contributed by atoms with Crippen LogP contribution in [-0.4, -0.2) is 29.6 Å². The summed E-state index contributed by atoms with van der Waals surface area (Å²) in [6.45, 7) is 9.03. The maximum Gasteiger partial charge on any atom is 0.303 e. The predicted molar refractivity (Wildman–Crippen MR) is 81.6 cm³/mol. The summed E-state index contributed by atoms with van der Waals surface area (Å²) in [4.78, 5) is 23.4. The summed E-state index contributed by atoms with van der Waals surface area (Å²) in [5, 5.41) is 8.86. The maximum atomic E-state index is 12.3. The third-order valence-corrected chi connectivity index (χ3v) is 3.73. The quantitative estimate of drug-likeness (QED) is 0.639. The van der Waals surface area contributed by atoms with E-state index in [1.807, 2.05) is 32.9 Å². The molecule has 1 rings (SSSR count). The molecule has 0 aromatic heterocycles. The van der Waals surface area contributed by atoms with Crippen LogP contribution < -0.4 is 0 Å². The number of hydrogen-bond donors (Lipinski definition) is 1. The Morgan fingerprint density at radius 2 is 2.05 bits per heavy atom. The molecule has 21 heavy (non-hydrogen) atoms. The topological polar surface area (TPSA) is 63.6 Å². The fraction of sp³-hybridized carbons (Fsp3) is 0.529. The number of aliphatic hydroxyl groups excluding tert-OH is 1. The fourth-order valence-electron chi connectivity index (χ4n) is 2.62. The first-order chi connectivity index (χ1) is 9.69. The highest BCUT2D eigenvalue weighted by Crippen LogP contribution is 2.40. The molecule has 0 aromatic rings. The molecule has 1 aliphatic carbocycles. The van der Waals surface area contributed by atoms with Crippen LogP contribution in [-0.2, 0) is 14.3 Å². The molecular formula is C17H24O4. The van der Waals surface area contributed by atoms with Crippen molar-refractivity contribution in [3.05, 3.63) is 34.9 Å². The Kier molecular flexibility index (Phi) is 5.67. The van der Waals surface area contributed by atoms with Crippen LogP contribution >= 0.6 is 0 Å². The summed E-state index contributed by atoms with van der Waals surface area (Å²) in [5.74, 6) is -0.564. The van der Waals surface area contributed by atoms with E-state index in [2.05, 4.69) is 0 Å². The third-order valence-electron chi connectivity index (χ3n) is 3.73. The molecule has 0 radical (unpaired) electrons. The van der Waals surface area contributed by atoms with Gasteiger partial charge in [0.05, 0.1) is 6.61 Å². The van der Waals surface area contributed by atoms with Gasteiger partial charge in [0.2, 0.25) is 0 Å². The van der Waals surface area contributed by atoms with Crippen molar-refractivity contribution < 1.29 is 19.4 Å². The number of aliphatic hydroxyl groups is 1. The largest absolute Gasteiger partial charge is 0.454 e. The molecular weight excluding hydrogens is 268 g/mol. The second-order valence-electron chi connectivity index (χ2n) is 6.05. The number of esters is 1. The lowest BCUT2D eigenvalue weighted by Gasteiger charge is -2.36. The first kappa shape index (κ1) is 17.4. The maximum absolute atomic E-state index is 12.3. The Morgan fingerprint density at radius 1 is 1.43 bits per heavy atom. The minimum Gasteiger partial charge on any atom is -0.454 e. The molecule has 0 bridgehead atoms. The lowest BCUT2D eigenvalue weighted by atomic mass is 9.71. The van der Waals surface area contributed by atoms with Gasteiger partial charge in [0, 0.05) is 13.3 Å². The van der Waals surface area contributed by atoms with E-state index in [0.717, 1.165) is 11.1 Å². The van der Waals surface area contributed by atoms with Crippen LogP contribution in [0.25, 0.3) is 0 Å². The van der Waals surface area contributed by atoms with Gasteiger partial charge in [0.15, 0.2) is 11.9 Å². The van der Waals surface area contributed by atoms with Crippen LogP contribution in [0.1, 0.15) is 41.0 Å². The van der Waals surface area contributed by atoms with Gasteiger partial charge < -0.3 is 9.84 Å². The van der Waals surface area contributed by atoms with Crippen LogP contribution in [0.3, 0.4) is 0 Å². The van der Waals surface area contributed by atoms with Crippen LogP contribution in [0.4, 0.5) is 0 Å². The Hall–Kier alpha value is -1.68. The van der Waals surface area contributed by atoms with Gasteiger partial charge in [-0.25, -0.2) is 0 Å². The van der Waals surface area contributed by atoms with Gasteiger partial charge in [-0.2, -0.15) is 0 Å². The van der Waals surface area contributed by atoms with E-state index in [1.165, 1.54) is 6.92 Å². The van der Waals surface area contributed by atoms with E-state index >= 15 is 0 Å². The van der Waals surface area contributed by atoms with Gasteiger partial charge >= 0.3 is 5.97 Å². The summed E-state index contributed by atoms with van der Waals surface area (Å²) in [6, 6.07) is 0. The number of carbonyl (C=O) groups is 2. The van der Waals surface area contributed by atoms with Crippen LogP contribution in [0.15, 0.2) is 34.9 Å². The zero-order chi connectivity index (χ0) is 16.2.